The van der Waals surface area contributed by atoms with E-state index in [2.05, 4.69) is 38.2 Å². The smallest absolute Gasteiger partial charge is 0.131 e. The highest BCUT2D eigenvalue weighted by Gasteiger charge is 2.50. The van der Waals surface area contributed by atoms with Crippen molar-refractivity contribution in [3.05, 3.63) is 58.6 Å². The van der Waals surface area contributed by atoms with E-state index in [0.717, 1.165) is 29.6 Å². The monoisotopic (exact) mass is 300 g/mol. The number of ether oxygens (including phenoxy) is 1. The van der Waals surface area contributed by atoms with Crippen LogP contribution < -0.4 is 9.64 Å². The first-order valence-corrected chi connectivity index (χ1v) is 7.84. The van der Waals surface area contributed by atoms with Crippen molar-refractivity contribution < 1.29 is 9.64 Å². The van der Waals surface area contributed by atoms with Crippen LogP contribution in [0.15, 0.2) is 42.5 Å². The lowest BCUT2D eigenvalue weighted by Gasteiger charge is -2.27. The van der Waals surface area contributed by atoms with Gasteiger partial charge in [0.2, 0.25) is 0 Å². The molecule has 0 bridgehead atoms. The number of hydrogen-bond acceptors (Lipinski definition) is 1. The lowest BCUT2D eigenvalue weighted by molar-refractivity contribution is -0.868. The van der Waals surface area contributed by atoms with E-state index in [1.165, 1.54) is 11.1 Å². The van der Waals surface area contributed by atoms with Gasteiger partial charge < -0.3 is 9.64 Å². The maximum absolute atomic E-state index is 6.25. The van der Waals surface area contributed by atoms with Crippen molar-refractivity contribution in [2.24, 2.45) is 0 Å². The molecule has 3 heteroatoms. The summed E-state index contributed by atoms with van der Waals surface area (Å²) in [6.07, 6.45) is 0. The zero-order valence-corrected chi connectivity index (χ0v) is 13.1. The molecule has 2 aliphatic rings. The fourth-order valence-corrected chi connectivity index (χ4v) is 4.34. The summed E-state index contributed by atoms with van der Waals surface area (Å²) in [5.41, 5.74) is 2.66. The minimum Gasteiger partial charge on any atom is -0.457 e. The standard InChI is InChI=1S/C18H18ClNO/c1-18-11-20(2)10-15(18)13-9-12(19)7-8-16(13)21-17-6-4-3-5-14(17)18/h3-9,15H,10-11H2,1-2H3/p+1/t15-,18-/m0/s1. The maximum atomic E-state index is 6.25. The highest BCUT2D eigenvalue weighted by molar-refractivity contribution is 6.30. The van der Waals surface area contributed by atoms with Crippen LogP contribution in [0.2, 0.25) is 5.02 Å². The van der Waals surface area contributed by atoms with Gasteiger partial charge in [-0.25, -0.2) is 0 Å². The van der Waals surface area contributed by atoms with Crippen molar-refractivity contribution in [3.8, 4) is 11.5 Å². The van der Waals surface area contributed by atoms with Crippen molar-refractivity contribution in [1.29, 1.82) is 0 Å². The van der Waals surface area contributed by atoms with E-state index in [0.29, 0.717) is 5.92 Å². The summed E-state index contributed by atoms with van der Waals surface area (Å²) in [6.45, 7) is 4.60. The zero-order chi connectivity index (χ0) is 14.6. The Morgan fingerprint density at radius 3 is 2.86 bits per heavy atom. The third kappa shape index (κ3) is 1.90. The quantitative estimate of drug-likeness (QED) is 0.789. The Morgan fingerprint density at radius 1 is 1.19 bits per heavy atom. The molecular formula is C18H19ClNO+. The van der Waals surface area contributed by atoms with Crippen molar-refractivity contribution >= 4 is 11.6 Å². The van der Waals surface area contributed by atoms with Gasteiger partial charge in [-0.2, -0.15) is 0 Å². The van der Waals surface area contributed by atoms with E-state index in [1.54, 1.807) is 4.90 Å². The van der Waals surface area contributed by atoms with Crippen molar-refractivity contribution in [2.45, 2.75) is 18.3 Å². The number of likely N-dealkylation sites (N-methyl/N-ethyl adjacent to an activating group) is 1. The van der Waals surface area contributed by atoms with Crippen LogP contribution in [0.5, 0.6) is 11.5 Å². The Morgan fingerprint density at radius 2 is 2.00 bits per heavy atom. The maximum Gasteiger partial charge on any atom is 0.131 e. The SMILES string of the molecule is C[NH+]1C[C@H]2c3cc(Cl)ccc3Oc3ccccc3[C@]2(C)C1. The Labute approximate surface area is 130 Å². The second-order valence-corrected chi connectivity index (χ2v) is 7.02. The molecule has 1 unspecified atom stereocenters. The number of quaternary nitrogens is 1. The lowest BCUT2D eigenvalue weighted by atomic mass is 9.71. The number of nitrogens with one attached hydrogen (secondary N) is 1. The van der Waals surface area contributed by atoms with Gasteiger partial charge in [0.05, 0.1) is 31.5 Å². The summed E-state index contributed by atoms with van der Waals surface area (Å²) in [5.74, 6) is 2.38. The van der Waals surface area contributed by atoms with Crippen LogP contribution in [0.3, 0.4) is 0 Å². The van der Waals surface area contributed by atoms with Crippen molar-refractivity contribution in [3.63, 3.8) is 0 Å². The number of rotatable bonds is 0. The van der Waals surface area contributed by atoms with Crippen LogP contribution in [0.1, 0.15) is 24.0 Å². The van der Waals surface area contributed by atoms with Crippen molar-refractivity contribution in [2.75, 3.05) is 20.1 Å². The second-order valence-electron chi connectivity index (χ2n) is 6.59. The Bertz CT molecular complexity index is 714. The zero-order valence-electron chi connectivity index (χ0n) is 12.3. The molecule has 4 rings (SSSR count). The van der Waals surface area contributed by atoms with Gasteiger partial charge in [-0.15, -0.1) is 0 Å². The minimum atomic E-state index is 0.0939. The molecule has 1 saturated heterocycles. The molecule has 2 heterocycles. The topological polar surface area (TPSA) is 13.7 Å². The normalized spacial score (nSPS) is 29.9. The molecule has 2 nitrogen and oxygen atoms in total. The predicted octanol–water partition coefficient (Wildman–Crippen LogP) is 3.02. The van der Waals surface area contributed by atoms with E-state index >= 15 is 0 Å². The molecular weight excluding hydrogens is 282 g/mol. The van der Waals surface area contributed by atoms with Gasteiger partial charge in [0.1, 0.15) is 11.5 Å². The largest absolute Gasteiger partial charge is 0.457 e. The van der Waals surface area contributed by atoms with Crippen LogP contribution in [0, 0.1) is 0 Å². The third-order valence-corrected chi connectivity index (χ3v) is 5.30. The van der Waals surface area contributed by atoms with Gasteiger partial charge in [0, 0.05) is 16.1 Å². The number of para-hydroxylation sites is 1. The number of benzene rings is 2. The molecule has 2 aliphatic heterocycles. The predicted molar refractivity (Wildman–Crippen MR) is 84.7 cm³/mol. The molecule has 2 aromatic rings. The highest BCUT2D eigenvalue weighted by atomic mass is 35.5. The van der Waals surface area contributed by atoms with E-state index in [4.69, 9.17) is 16.3 Å². The first-order chi connectivity index (χ1) is 10.1. The van der Waals surface area contributed by atoms with Gasteiger partial charge >= 0.3 is 0 Å². The third-order valence-electron chi connectivity index (χ3n) is 5.06. The van der Waals surface area contributed by atoms with Crippen LogP contribution >= 0.6 is 11.6 Å². The molecule has 0 radical (unpaired) electrons. The van der Waals surface area contributed by atoms with E-state index in [9.17, 15) is 0 Å². The molecule has 0 saturated carbocycles. The average Bonchev–Trinajstić information content (AvgIpc) is 2.73. The Hall–Kier alpha value is -1.51. The van der Waals surface area contributed by atoms with Gasteiger partial charge in [-0.3, -0.25) is 0 Å². The molecule has 0 aromatic heterocycles. The van der Waals surface area contributed by atoms with Crippen LogP contribution in [-0.4, -0.2) is 20.1 Å². The molecule has 0 aliphatic carbocycles. The molecule has 1 N–H and O–H groups in total. The van der Waals surface area contributed by atoms with Crippen LogP contribution in [-0.2, 0) is 5.41 Å². The summed E-state index contributed by atoms with van der Waals surface area (Å²) in [4.78, 5) is 1.56. The van der Waals surface area contributed by atoms with Crippen LogP contribution in [0.25, 0.3) is 0 Å². The Balaban J connectivity index is 2.00. The lowest BCUT2D eigenvalue weighted by Crippen LogP contribution is -3.07. The molecule has 21 heavy (non-hydrogen) atoms. The molecule has 0 spiro atoms. The number of hydrogen-bond donors (Lipinski definition) is 1. The first kappa shape index (κ1) is 13.2. The summed E-state index contributed by atoms with van der Waals surface area (Å²) < 4.78 is 6.23. The summed E-state index contributed by atoms with van der Waals surface area (Å²) in [5, 5.41) is 0.787. The Kier molecular flexibility index (Phi) is 2.82. The van der Waals surface area contributed by atoms with Gasteiger partial charge in [-0.1, -0.05) is 29.8 Å². The summed E-state index contributed by atoms with van der Waals surface area (Å²) in [6, 6.07) is 14.5. The molecule has 1 fully saturated rings. The van der Waals surface area contributed by atoms with E-state index in [1.807, 2.05) is 18.2 Å². The molecule has 2 aromatic carbocycles. The molecule has 108 valence electrons. The minimum absolute atomic E-state index is 0.0939. The summed E-state index contributed by atoms with van der Waals surface area (Å²) in [7, 11) is 2.27. The van der Waals surface area contributed by atoms with Gasteiger partial charge in [0.15, 0.2) is 0 Å². The molecule has 3 atom stereocenters. The highest BCUT2D eigenvalue weighted by Crippen LogP contribution is 2.50. The summed E-state index contributed by atoms with van der Waals surface area (Å²) >= 11 is 6.25. The van der Waals surface area contributed by atoms with Gasteiger partial charge in [-0.05, 0) is 31.2 Å². The first-order valence-electron chi connectivity index (χ1n) is 7.46. The fraction of sp³-hybridized carbons (Fsp3) is 0.333. The van der Waals surface area contributed by atoms with Crippen molar-refractivity contribution in [1.82, 2.24) is 0 Å². The average molecular weight is 301 g/mol. The number of halogens is 1. The van der Waals surface area contributed by atoms with Crippen LogP contribution in [0.4, 0.5) is 0 Å². The van der Waals surface area contributed by atoms with E-state index < -0.39 is 0 Å². The number of likely N-dealkylation sites (tertiary alicyclic amines) is 1. The fourth-order valence-electron chi connectivity index (χ4n) is 4.16. The second kappa shape index (κ2) is 4.49. The van der Waals surface area contributed by atoms with Gasteiger partial charge in [0.25, 0.3) is 0 Å². The molecule has 0 amide bonds. The number of fused-ring (bicyclic) bond motifs is 5. The van der Waals surface area contributed by atoms with E-state index in [-0.39, 0.29) is 5.41 Å².